The van der Waals surface area contributed by atoms with Crippen LogP contribution in [-0.4, -0.2) is 18.5 Å². The molecule has 0 aromatic carbocycles. The van der Waals surface area contributed by atoms with Gasteiger partial charge >= 0.3 is 0 Å². The van der Waals surface area contributed by atoms with Crippen molar-refractivity contribution in [1.82, 2.24) is 0 Å². The molecule has 2 aliphatic rings. The number of allylic oxidation sites excluding steroid dienone is 5. The summed E-state index contributed by atoms with van der Waals surface area (Å²) in [4.78, 5) is 0. The highest BCUT2D eigenvalue weighted by atomic mass is 16.6. The Hall–Kier alpha value is -1.39. The quantitative estimate of drug-likeness (QED) is 0.259. The van der Waals surface area contributed by atoms with Crippen LogP contribution < -0.4 is 11.6 Å². The van der Waals surface area contributed by atoms with Crippen molar-refractivity contribution in [3.63, 3.8) is 0 Å². The lowest BCUT2D eigenvalue weighted by molar-refractivity contribution is 0.330. The van der Waals surface area contributed by atoms with E-state index < -0.39 is 5.72 Å². The fourth-order valence-corrected chi connectivity index (χ4v) is 2.97. The van der Waals surface area contributed by atoms with E-state index in [0.29, 0.717) is 18.4 Å². The van der Waals surface area contributed by atoms with Gasteiger partial charge in [-0.3, -0.25) is 5.73 Å². The minimum absolute atomic E-state index is 0.340. The topological polar surface area (TPSA) is 76.9 Å². The molecule has 1 saturated heterocycles. The van der Waals surface area contributed by atoms with E-state index in [1.807, 2.05) is 0 Å². The summed E-state index contributed by atoms with van der Waals surface area (Å²) in [6, 6.07) is 0. The predicted molar refractivity (Wildman–Crippen MR) is 87.7 cm³/mol. The lowest BCUT2D eigenvalue weighted by Gasteiger charge is -2.18. The molecule has 4 N–H and O–H groups in total. The SMILES string of the molecule is CC1=CC(/C=N/N)CC=C1CC/C=C(/C(C)C)C1(N)CO1. The van der Waals surface area contributed by atoms with E-state index in [4.69, 9.17) is 16.3 Å². The molecule has 4 nitrogen and oxygen atoms in total. The van der Waals surface area contributed by atoms with Crippen molar-refractivity contribution in [1.29, 1.82) is 0 Å². The average molecular weight is 289 g/mol. The Labute approximate surface area is 127 Å². The highest BCUT2D eigenvalue weighted by molar-refractivity contribution is 5.64. The normalized spacial score (nSPS) is 29.8. The molecule has 0 amide bonds. The van der Waals surface area contributed by atoms with Gasteiger partial charge < -0.3 is 10.6 Å². The lowest BCUT2D eigenvalue weighted by Crippen LogP contribution is -2.29. The summed E-state index contributed by atoms with van der Waals surface area (Å²) in [5.74, 6) is 5.99. The van der Waals surface area contributed by atoms with Gasteiger partial charge in [-0.05, 0) is 43.3 Å². The molecule has 2 unspecified atom stereocenters. The second kappa shape index (κ2) is 6.58. The molecule has 0 saturated carbocycles. The summed E-state index contributed by atoms with van der Waals surface area (Å²) in [7, 11) is 0. The molecule has 2 atom stereocenters. The second-order valence-electron chi connectivity index (χ2n) is 6.31. The minimum atomic E-state index is -0.483. The molecule has 21 heavy (non-hydrogen) atoms. The van der Waals surface area contributed by atoms with Crippen molar-refractivity contribution in [3.8, 4) is 0 Å². The molecule has 0 aromatic heterocycles. The standard InChI is InChI=1S/C17H27N3O/c1-12(2)16(17(18)11-21-17)6-4-5-15-8-7-14(10-20-19)9-13(15)3/h6,8-10,12,14H,4-5,7,11,18-19H2,1-3H3/b16-6-,20-10+. The minimum Gasteiger partial charge on any atom is -0.350 e. The maximum Gasteiger partial charge on any atom is 0.162 e. The van der Waals surface area contributed by atoms with Crippen LogP contribution >= 0.6 is 0 Å². The number of epoxide rings is 1. The highest BCUT2D eigenvalue weighted by Crippen LogP contribution is 2.35. The number of hydrazone groups is 1. The van der Waals surface area contributed by atoms with Crippen LogP contribution in [0.3, 0.4) is 0 Å². The summed E-state index contributed by atoms with van der Waals surface area (Å²) in [5, 5.41) is 3.62. The van der Waals surface area contributed by atoms with Crippen LogP contribution in [0, 0.1) is 11.8 Å². The first-order chi connectivity index (χ1) is 9.96. The lowest BCUT2D eigenvalue weighted by atomic mass is 9.88. The number of rotatable bonds is 6. The smallest absolute Gasteiger partial charge is 0.162 e. The van der Waals surface area contributed by atoms with Crippen molar-refractivity contribution in [2.75, 3.05) is 6.61 Å². The van der Waals surface area contributed by atoms with Gasteiger partial charge in [0, 0.05) is 12.1 Å². The van der Waals surface area contributed by atoms with Crippen LogP contribution in [0.4, 0.5) is 0 Å². The van der Waals surface area contributed by atoms with Crippen molar-refractivity contribution in [2.45, 2.75) is 45.8 Å². The third-order valence-corrected chi connectivity index (χ3v) is 4.23. The van der Waals surface area contributed by atoms with Crippen LogP contribution in [0.25, 0.3) is 0 Å². The average Bonchev–Trinajstić information content (AvgIpc) is 3.15. The number of nitrogens with zero attached hydrogens (tertiary/aromatic N) is 1. The molecule has 2 rings (SSSR count). The molecule has 116 valence electrons. The molecular formula is C17H27N3O. The van der Waals surface area contributed by atoms with Gasteiger partial charge in [0.25, 0.3) is 0 Å². The van der Waals surface area contributed by atoms with Crippen molar-refractivity contribution in [3.05, 3.63) is 34.9 Å². The number of nitrogens with two attached hydrogens (primary N) is 2. The molecule has 1 fully saturated rings. The molecule has 0 aromatic rings. The third kappa shape index (κ3) is 4.05. The van der Waals surface area contributed by atoms with E-state index in [0.717, 1.165) is 19.3 Å². The molecular weight excluding hydrogens is 262 g/mol. The van der Waals surface area contributed by atoms with E-state index in [1.54, 1.807) is 6.21 Å². The van der Waals surface area contributed by atoms with Crippen LogP contribution in [0.2, 0.25) is 0 Å². The molecule has 0 spiro atoms. The van der Waals surface area contributed by atoms with E-state index in [9.17, 15) is 0 Å². The molecule has 1 aliphatic carbocycles. The molecule has 0 bridgehead atoms. The number of hydrogen-bond acceptors (Lipinski definition) is 4. The van der Waals surface area contributed by atoms with E-state index in [1.165, 1.54) is 16.7 Å². The third-order valence-electron chi connectivity index (χ3n) is 4.23. The Balaban J connectivity index is 1.93. The Morgan fingerprint density at radius 1 is 1.57 bits per heavy atom. The largest absolute Gasteiger partial charge is 0.350 e. The highest BCUT2D eigenvalue weighted by Gasteiger charge is 2.44. The van der Waals surface area contributed by atoms with Crippen LogP contribution in [0.15, 0.2) is 40.0 Å². The van der Waals surface area contributed by atoms with Gasteiger partial charge in [0.2, 0.25) is 0 Å². The van der Waals surface area contributed by atoms with Gasteiger partial charge in [-0.25, -0.2) is 0 Å². The summed E-state index contributed by atoms with van der Waals surface area (Å²) < 4.78 is 5.38. The van der Waals surface area contributed by atoms with Crippen molar-refractivity contribution < 1.29 is 4.74 Å². The zero-order valence-corrected chi connectivity index (χ0v) is 13.3. The van der Waals surface area contributed by atoms with Crippen molar-refractivity contribution >= 4 is 6.21 Å². The fraction of sp³-hybridized carbons (Fsp3) is 0.588. The molecule has 0 radical (unpaired) electrons. The van der Waals surface area contributed by atoms with Crippen LogP contribution in [0.1, 0.15) is 40.0 Å². The zero-order chi connectivity index (χ0) is 15.5. The van der Waals surface area contributed by atoms with E-state index in [-0.39, 0.29) is 0 Å². The Bertz CT molecular complexity index is 496. The predicted octanol–water partition coefficient (Wildman–Crippen LogP) is 2.87. The Kier molecular flexibility index (Phi) is 5.01. The van der Waals surface area contributed by atoms with E-state index in [2.05, 4.69) is 44.1 Å². The van der Waals surface area contributed by atoms with Crippen molar-refractivity contribution in [2.24, 2.45) is 28.5 Å². The number of hydrogen-bond donors (Lipinski definition) is 2. The summed E-state index contributed by atoms with van der Waals surface area (Å²) in [6.45, 7) is 7.15. The Morgan fingerprint density at radius 2 is 2.29 bits per heavy atom. The summed E-state index contributed by atoms with van der Waals surface area (Å²) in [5.41, 5.74) is 9.64. The molecule has 4 heteroatoms. The fourth-order valence-electron chi connectivity index (χ4n) is 2.97. The van der Waals surface area contributed by atoms with E-state index >= 15 is 0 Å². The van der Waals surface area contributed by atoms with Gasteiger partial charge in [0.15, 0.2) is 5.72 Å². The number of ether oxygens (including phenoxy) is 1. The zero-order valence-electron chi connectivity index (χ0n) is 13.3. The van der Waals surface area contributed by atoms with Gasteiger partial charge in [-0.15, -0.1) is 0 Å². The monoisotopic (exact) mass is 289 g/mol. The van der Waals surface area contributed by atoms with Gasteiger partial charge in [0.1, 0.15) is 0 Å². The first-order valence-corrected chi connectivity index (χ1v) is 7.71. The van der Waals surface area contributed by atoms with Crippen LogP contribution in [-0.2, 0) is 4.74 Å². The molecule has 1 aliphatic heterocycles. The van der Waals surface area contributed by atoms with Gasteiger partial charge in [0.05, 0.1) is 6.61 Å². The van der Waals surface area contributed by atoms with Crippen LogP contribution in [0.5, 0.6) is 0 Å². The van der Waals surface area contributed by atoms with Gasteiger partial charge in [-0.2, -0.15) is 5.10 Å². The second-order valence-corrected chi connectivity index (χ2v) is 6.31. The van der Waals surface area contributed by atoms with Gasteiger partial charge in [-0.1, -0.05) is 37.6 Å². The summed E-state index contributed by atoms with van der Waals surface area (Å²) >= 11 is 0. The maximum atomic E-state index is 6.15. The maximum absolute atomic E-state index is 6.15. The summed E-state index contributed by atoms with van der Waals surface area (Å²) in [6.07, 6.45) is 11.6. The Morgan fingerprint density at radius 3 is 2.81 bits per heavy atom. The first-order valence-electron chi connectivity index (χ1n) is 7.71. The first kappa shape index (κ1) is 16.0. The molecule has 1 heterocycles.